The lowest BCUT2D eigenvalue weighted by molar-refractivity contribution is 0.582. The van der Waals surface area contributed by atoms with E-state index in [1.807, 2.05) is 0 Å². The van der Waals surface area contributed by atoms with Crippen LogP contribution < -0.4 is 15.4 Å². The summed E-state index contributed by atoms with van der Waals surface area (Å²) >= 11 is 6.77. The third kappa shape index (κ3) is 4.62. The van der Waals surface area contributed by atoms with Crippen molar-refractivity contribution in [2.24, 2.45) is 4.99 Å². The summed E-state index contributed by atoms with van der Waals surface area (Å²) in [5.41, 5.74) is 0. The zero-order valence-electron chi connectivity index (χ0n) is 11.0. The van der Waals surface area contributed by atoms with Crippen LogP contribution in [0.15, 0.2) is 21.3 Å². The van der Waals surface area contributed by atoms with Gasteiger partial charge >= 0.3 is 0 Å². The Bertz CT molecular complexity index is 581. The number of hydrogen-bond acceptors (Lipinski definition) is 4. The van der Waals surface area contributed by atoms with Crippen molar-refractivity contribution in [3.8, 4) is 0 Å². The maximum Gasteiger partial charge on any atom is 0.250 e. The van der Waals surface area contributed by atoms with Gasteiger partial charge in [-0.2, -0.15) is 0 Å². The molecule has 9 heteroatoms. The van der Waals surface area contributed by atoms with E-state index in [1.165, 1.54) is 6.07 Å². The number of thiophene rings is 1. The molecule has 0 radical (unpaired) electrons. The van der Waals surface area contributed by atoms with E-state index in [4.69, 9.17) is 11.6 Å². The number of rotatable bonds is 6. The van der Waals surface area contributed by atoms with Gasteiger partial charge in [-0.05, 0) is 25.0 Å². The third-order valence-electron chi connectivity index (χ3n) is 2.66. The molecule has 112 valence electrons. The molecule has 0 aromatic carbocycles. The van der Waals surface area contributed by atoms with E-state index in [-0.39, 0.29) is 10.8 Å². The Labute approximate surface area is 127 Å². The molecule has 0 aliphatic heterocycles. The van der Waals surface area contributed by atoms with Gasteiger partial charge in [0.05, 0.1) is 4.34 Å². The van der Waals surface area contributed by atoms with Gasteiger partial charge in [0, 0.05) is 26.2 Å². The zero-order valence-corrected chi connectivity index (χ0v) is 13.4. The predicted octanol–water partition coefficient (Wildman–Crippen LogP) is 1.01. The first-order valence-corrected chi connectivity index (χ1v) is 8.91. The van der Waals surface area contributed by atoms with E-state index in [0.29, 0.717) is 22.9 Å². The summed E-state index contributed by atoms with van der Waals surface area (Å²) in [6.07, 6.45) is 2.32. The second kappa shape index (κ2) is 6.75. The van der Waals surface area contributed by atoms with Gasteiger partial charge in [0.2, 0.25) is 10.0 Å². The van der Waals surface area contributed by atoms with Crippen molar-refractivity contribution in [3.05, 3.63) is 16.5 Å². The molecule has 2 rings (SSSR count). The highest BCUT2D eigenvalue weighted by atomic mass is 35.5. The van der Waals surface area contributed by atoms with Gasteiger partial charge in [-0.1, -0.05) is 11.6 Å². The van der Waals surface area contributed by atoms with Crippen molar-refractivity contribution in [2.75, 3.05) is 20.1 Å². The number of guanidine groups is 1. The van der Waals surface area contributed by atoms with Crippen molar-refractivity contribution >= 4 is 38.9 Å². The molecule has 0 bridgehead atoms. The lowest BCUT2D eigenvalue weighted by Gasteiger charge is -2.11. The summed E-state index contributed by atoms with van der Waals surface area (Å²) in [7, 11) is -1.78. The molecule has 0 spiro atoms. The Kier molecular flexibility index (Phi) is 5.25. The molecule has 1 saturated carbocycles. The number of nitrogens with one attached hydrogen (secondary N) is 3. The molecule has 1 aliphatic carbocycles. The highest BCUT2D eigenvalue weighted by molar-refractivity contribution is 7.91. The third-order valence-corrected chi connectivity index (χ3v) is 5.85. The molecule has 0 unspecified atom stereocenters. The predicted molar refractivity (Wildman–Crippen MR) is 82.0 cm³/mol. The first kappa shape index (κ1) is 15.6. The Morgan fingerprint density at radius 2 is 2.20 bits per heavy atom. The van der Waals surface area contributed by atoms with Crippen molar-refractivity contribution in [2.45, 2.75) is 23.1 Å². The summed E-state index contributed by atoms with van der Waals surface area (Å²) in [6.45, 7) is 0.744. The lowest BCUT2D eigenvalue weighted by atomic mass is 10.6. The largest absolute Gasteiger partial charge is 0.355 e. The van der Waals surface area contributed by atoms with Crippen LogP contribution in [-0.4, -0.2) is 40.6 Å². The maximum absolute atomic E-state index is 11.9. The van der Waals surface area contributed by atoms with E-state index in [1.54, 1.807) is 13.1 Å². The minimum atomic E-state index is -3.47. The van der Waals surface area contributed by atoms with Crippen LogP contribution in [-0.2, 0) is 10.0 Å². The fourth-order valence-corrected chi connectivity index (χ4v) is 4.05. The summed E-state index contributed by atoms with van der Waals surface area (Å²) in [6, 6.07) is 3.57. The minimum absolute atomic E-state index is 0.225. The molecule has 6 nitrogen and oxygen atoms in total. The molecule has 1 aliphatic rings. The molecule has 0 amide bonds. The van der Waals surface area contributed by atoms with Crippen LogP contribution >= 0.6 is 22.9 Å². The smallest absolute Gasteiger partial charge is 0.250 e. The van der Waals surface area contributed by atoms with Crippen LogP contribution in [0.4, 0.5) is 0 Å². The monoisotopic (exact) mass is 336 g/mol. The first-order chi connectivity index (χ1) is 9.51. The molecule has 20 heavy (non-hydrogen) atoms. The number of halogens is 1. The van der Waals surface area contributed by atoms with Gasteiger partial charge in [0.15, 0.2) is 5.96 Å². The summed E-state index contributed by atoms with van der Waals surface area (Å²) in [4.78, 5) is 4.07. The average Bonchev–Trinajstić information content (AvgIpc) is 3.11. The second-order valence-corrected chi connectivity index (χ2v) is 8.08. The van der Waals surface area contributed by atoms with Gasteiger partial charge in [-0.3, -0.25) is 4.99 Å². The van der Waals surface area contributed by atoms with Crippen LogP contribution in [0.25, 0.3) is 0 Å². The highest BCUT2D eigenvalue weighted by Gasteiger charge is 2.22. The van der Waals surface area contributed by atoms with Crippen LogP contribution in [0.1, 0.15) is 12.8 Å². The van der Waals surface area contributed by atoms with Gasteiger partial charge in [-0.15, -0.1) is 11.3 Å². The summed E-state index contributed by atoms with van der Waals surface area (Å²) in [5.74, 6) is 0.700. The van der Waals surface area contributed by atoms with Crippen LogP contribution in [0.2, 0.25) is 4.34 Å². The molecule has 0 atom stereocenters. The molecular formula is C11H17ClN4O2S2. The molecule has 1 heterocycles. The van der Waals surface area contributed by atoms with Crippen LogP contribution in [0, 0.1) is 0 Å². The fourth-order valence-electron chi connectivity index (χ4n) is 1.50. The number of hydrogen-bond donors (Lipinski definition) is 3. The van der Waals surface area contributed by atoms with E-state index in [2.05, 4.69) is 20.3 Å². The van der Waals surface area contributed by atoms with Crippen molar-refractivity contribution in [3.63, 3.8) is 0 Å². The van der Waals surface area contributed by atoms with Gasteiger partial charge < -0.3 is 10.6 Å². The number of aliphatic imine (C=N–C) groups is 1. The Morgan fingerprint density at radius 1 is 1.45 bits per heavy atom. The van der Waals surface area contributed by atoms with Gasteiger partial charge in [0.1, 0.15) is 4.21 Å². The molecule has 1 fully saturated rings. The van der Waals surface area contributed by atoms with Crippen molar-refractivity contribution < 1.29 is 8.42 Å². The summed E-state index contributed by atoms with van der Waals surface area (Å²) < 4.78 is 27.0. The molecular weight excluding hydrogens is 320 g/mol. The number of sulfonamides is 1. The molecule has 1 aromatic heterocycles. The van der Waals surface area contributed by atoms with Gasteiger partial charge in [-0.25, -0.2) is 13.1 Å². The maximum atomic E-state index is 11.9. The molecule has 1 aromatic rings. The summed E-state index contributed by atoms with van der Waals surface area (Å²) in [5, 5.41) is 6.28. The minimum Gasteiger partial charge on any atom is -0.355 e. The lowest BCUT2D eigenvalue weighted by Crippen LogP contribution is -2.42. The van der Waals surface area contributed by atoms with E-state index in [0.717, 1.165) is 24.2 Å². The average molecular weight is 337 g/mol. The SMILES string of the molecule is CN=C(NCCNS(=O)(=O)c1ccc(Cl)s1)NC1CC1. The standard InChI is InChI=1S/C11H17ClN4O2S2/c1-13-11(16-8-2-3-8)14-6-7-15-20(17,18)10-5-4-9(12)19-10/h4-5,8,15H,2-3,6-7H2,1H3,(H2,13,14,16). The second-order valence-electron chi connectivity index (χ2n) is 4.37. The van der Waals surface area contributed by atoms with Crippen LogP contribution in [0.5, 0.6) is 0 Å². The number of nitrogens with zero attached hydrogens (tertiary/aromatic N) is 1. The Balaban J connectivity index is 1.74. The quantitative estimate of drug-likeness (QED) is 0.411. The molecule has 0 saturated heterocycles. The van der Waals surface area contributed by atoms with Crippen LogP contribution in [0.3, 0.4) is 0 Å². The Hall–Kier alpha value is -0.830. The molecule has 3 N–H and O–H groups in total. The van der Waals surface area contributed by atoms with Gasteiger partial charge in [0.25, 0.3) is 0 Å². The van der Waals surface area contributed by atoms with E-state index in [9.17, 15) is 8.42 Å². The van der Waals surface area contributed by atoms with E-state index >= 15 is 0 Å². The normalized spacial score (nSPS) is 16.2. The first-order valence-electron chi connectivity index (χ1n) is 6.23. The highest BCUT2D eigenvalue weighted by Crippen LogP contribution is 2.25. The van der Waals surface area contributed by atoms with Crippen molar-refractivity contribution in [1.29, 1.82) is 0 Å². The zero-order chi connectivity index (χ0) is 14.6. The topological polar surface area (TPSA) is 82.6 Å². The Morgan fingerprint density at radius 3 is 2.75 bits per heavy atom. The van der Waals surface area contributed by atoms with E-state index < -0.39 is 10.0 Å². The fraction of sp³-hybridized carbons (Fsp3) is 0.545. The van der Waals surface area contributed by atoms with Crippen molar-refractivity contribution in [1.82, 2.24) is 15.4 Å².